The highest BCUT2D eigenvalue weighted by molar-refractivity contribution is 6.09. The first-order chi connectivity index (χ1) is 17.6. The van der Waals surface area contributed by atoms with E-state index < -0.39 is 0 Å². The topological polar surface area (TPSA) is 110 Å². The number of hydrogen-bond acceptors (Lipinski definition) is 7. The largest absolute Gasteiger partial charge is 0.397 e. The van der Waals surface area contributed by atoms with E-state index in [1.807, 2.05) is 6.07 Å². The Morgan fingerprint density at radius 2 is 1.86 bits per heavy atom. The van der Waals surface area contributed by atoms with Gasteiger partial charge in [0.1, 0.15) is 11.0 Å². The lowest BCUT2D eigenvalue weighted by atomic mass is 10.1. The summed E-state index contributed by atoms with van der Waals surface area (Å²) < 4.78 is 7.58. The predicted molar refractivity (Wildman–Crippen MR) is 147 cm³/mol. The summed E-state index contributed by atoms with van der Waals surface area (Å²) in [6.45, 7) is 9.33. The number of aliphatic hydroxyl groups is 1. The van der Waals surface area contributed by atoms with Crippen LogP contribution in [0.1, 0.15) is 37.8 Å². The third-order valence-electron chi connectivity index (χ3n) is 6.25. The Morgan fingerprint density at radius 1 is 1.08 bits per heavy atom. The summed E-state index contributed by atoms with van der Waals surface area (Å²) in [4.78, 5) is 9.20. The molecule has 1 fully saturated rings. The van der Waals surface area contributed by atoms with E-state index in [-0.39, 0.29) is 6.61 Å². The number of benzene rings is 2. The average molecular weight is 491 g/mol. The molecule has 2 aromatic carbocycles. The second kappa shape index (κ2) is 12.7. The van der Waals surface area contributed by atoms with E-state index in [4.69, 9.17) is 15.6 Å². The molecule has 8 nitrogen and oxygen atoms in total. The number of nitrogens with two attached hydrogens (primary N) is 1. The molecule has 0 amide bonds. The highest BCUT2D eigenvalue weighted by Crippen LogP contribution is 2.33. The van der Waals surface area contributed by atoms with E-state index in [0.717, 1.165) is 80.0 Å². The molecule has 36 heavy (non-hydrogen) atoms. The van der Waals surface area contributed by atoms with Crippen LogP contribution in [0.25, 0.3) is 21.9 Å². The predicted octanol–water partition coefficient (Wildman–Crippen LogP) is 4.16. The molecule has 0 saturated carbocycles. The molecule has 0 spiro atoms. The van der Waals surface area contributed by atoms with Gasteiger partial charge in [-0.25, -0.2) is 4.98 Å². The standard InChI is InChI=1S/C26H32N6O.C2H6O/c1-2-3-11-29-25-24-23(30-26(27)31-25)21-9-4-5-10-22(21)32(24)15-19-8-6-7-18(12-19)13-28-14-20-16-33-17-20;1-2-3/h4-10,12,20,28H,2-3,11,13-17H2,1H3,(H3,27,29,30,31);3H,2H2,1H3. The van der Waals surface area contributed by atoms with Crippen LogP contribution < -0.4 is 16.4 Å². The van der Waals surface area contributed by atoms with E-state index in [9.17, 15) is 0 Å². The van der Waals surface area contributed by atoms with Crippen molar-refractivity contribution in [3.63, 3.8) is 0 Å². The number of unbranched alkanes of at least 4 members (excludes halogenated alkanes) is 1. The molecule has 5 N–H and O–H groups in total. The van der Waals surface area contributed by atoms with Crippen LogP contribution in [0.2, 0.25) is 0 Å². The van der Waals surface area contributed by atoms with Gasteiger partial charge in [0.2, 0.25) is 5.95 Å². The first-order valence-corrected chi connectivity index (χ1v) is 12.9. The van der Waals surface area contributed by atoms with E-state index in [2.05, 4.69) is 74.6 Å². The Balaban J connectivity index is 0.000000967. The first kappa shape index (κ1) is 25.9. The Bertz CT molecular complexity index is 1270. The van der Waals surface area contributed by atoms with Crippen LogP contribution in [0.15, 0.2) is 48.5 Å². The van der Waals surface area contributed by atoms with Gasteiger partial charge >= 0.3 is 0 Å². The van der Waals surface area contributed by atoms with Gasteiger partial charge in [0.25, 0.3) is 0 Å². The number of rotatable bonds is 10. The van der Waals surface area contributed by atoms with E-state index >= 15 is 0 Å². The van der Waals surface area contributed by atoms with Gasteiger partial charge in [0, 0.05) is 44.1 Å². The van der Waals surface area contributed by atoms with Crippen molar-refractivity contribution in [1.29, 1.82) is 0 Å². The molecule has 1 aliphatic heterocycles. The Kier molecular flexibility index (Phi) is 9.11. The summed E-state index contributed by atoms with van der Waals surface area (Å²) in [6, 6.07) is 17.2. The Hall–Kier alpha value is -3.20. The number of nitrogens with zero attached hydrogens (tertiary/aromatic N) is 3. The maximum absolute atomic E-state index is 7.57. The van der Waals surface area contributed by atoms with Crippen molar-refractivity contribution in [3.05, 3.63) is 59.7 Å². The summed E-state index contributed by atoms with van der Waals surface area (Å²) in [6.07, 6.45) is 2.20. The molecule has 0 bridgehead atoms. The maximum Gasteiger partial charge on any atom is 0.222 e. The van der Waals surface area contributed by atoms with Crippen molar-refractivity contribution in [2.24, 2.45) is 5.92 Å². The van der Waals surface area contributed by atoms with Crippen LogP contribution in [0.5, 0.6) is 0 Å². The van der Waals surface area contributed by atoms with Gasteiger partial charge in [-0.2, -0.15) is 4.98 Å². The van der Waals surface area contributed by atoms with Crippen molar-refractivity contribution in [3.8, 4) is 0 Å². The molecular formula is C28H38N6O2. The second-order valence-electron chi connectivity index (χ2n) is 9.18. The number of anilines is 2. The van der Waals surface area contributed by atoms with Crippen LogP contribution in [0.3, 0.4) is 0 Å². The van der Waals surface area contributed by atoms with Crippen LogP contribution in [-0.4, -0.2) is 52.6 Å². The van der Waals surface area contributed by atoms with Gasteiger partial charge in [0.15, 0.2) is 5.82 Å². The summed E-state index contributed by atoms with van der Waals surface area (Å²) in [5.74, 6) is 1.76. The Labute approximate surface area is 212 Å². The highest BCUT2D eigenvalue weighted by Gasteiger charge is 2.19. The first-order valence-electron chi connectivity index (χ1n) is 12.9. The monoisotopic (exact) mass is 490 g/mol. The minimum atomic E-state index is 0.250. The lowest BCUT2D eigenvalue weighted by Crippen LogP contribution is -2.36. The SMILES string of the molecule is CCCCNc1nc(N)nc2c3ccccc3n(Cc3cccc(CNCC4COC4)c3)c12.CCO. The number of nitrogens with one attached hydrogen (secondary N) is 2. The van der Waals surface area contributed by atoms with E-state index in [0.29, 0.717) is 11.9 Å². The third-order valence-corrected chi connectivity index (χ3v) is 6.25. The molecule has 0 radical (unpaired) electrons. The van der Waals surface area contributed by atoms with Crippen molar-refractivity contribution < 1.29 is 9.84 Å². The zero-order valence-corrected chi connectivity index (χ0v) is 21.3. The van der Waals surface area contributed by atoms with E-state index in [1.165, 1.54) is 11.1 Å². The van der Waals surface area contributed by atoms with Gasteiger partial charge in [-0.05, 0) is 30.5 Å². The molecule has 192 valence electrons. The fraction of sp³-hybridized carbons (Fsp3) is 0.429. The van der Waals surface area contributed by atoms with Crippen LogP contribution in [0, 0.1) is 5.92 Å². The van der Waals surface area contributed by atoms with Crippen molar-refractivity contribution in [2.45, 2.75) is 39.8 Å². The van der Waals surface area contributed by atoms with Crippen molar-refractivity contribution in [2.75, 3.05) is 44.0 Å². The molecule has 0 atom stereocenters. The van der Waals surface area contributed by atoms with Crippen molar-refractivity contribution >= 4 is 33.7 Å². The summed E-state index contributed by atoms with van der Waals surface area (Å²) >= 11 is 0. The number of para-hydroxylation sites is 1. The number of hydrogen-bond donors (Lipinski definition) is 4. The van der Waals surface area contributed by atoms with Gasteiger partial charge in [-0.15, -0.1) is 0 Å². The molecule has 1 saturated heterocycles. The number of aromatic nitrogens is 3. The highest BCUT2D eigenvalue weighted by atomic mass is 16.5. The maximum atomic E-state index is 7.57. The molecule has 4 aromatic rings. The van der Waals surface area contributed by atoms with Crippen LogP contribution >= 0.6 is 0 Å². The molecule has 2 aromatic heterocycles. The molecular weight excluding hydrogens is 452 g/mol. The molecule has 3 heterocycles. The smallest absolute Gasteiger partial charge is 0.222 e. The number of nitrogen functional groups attached to an aromatic ring is 1. The summed E-state index contributed by atoms with van der Waals surface area (Å²) in [5.41, 5.74) is 11.7. The molecule has 0 unspecified atom stereocenters. The number of ether oxygens (including phenoxy) is 1. The second-order valence-corrected chi connectivity index (χ2v) is 9.18. The normalized spacial score (nSPS) is 13.4. The number of fused-ring (bicyclic) bond motifs is 3. The van der Waals surface area contributed by atoms with Gasteiger partial charge in [-0.1, -0.05) is 55.8 Å². The number of aliphatic hydroxyl groups excluding tert-OH is 1. The van der Waals surface area contributed by atoms with Crippen molar-refractivity contribution in [1.82, 2.24) is 19.9 Å². The van der Waals surface area contributed by atoms with Gasteiger partial charge in [0.05, 0.1) is 18.7 Å². The zero-order chi connectivity index (χ0) is 25.3. The third kappa shape index (κ3) is 6.13. The fourth-order valence-electron chi connectivity index (χ4n) is 4.46. The lowest BCUT2D eigenvalue weighted by Gasteiger charge is -2.26. The van der Waals surface area contributed by atoms with Gasteiger partial charge in [-0.3, -0.25) is 0 Å². The minimum Gasteiger partial charge on any atom is -0.397 e. The van der Waals surface area contributed by atoms with Crippen LogP contribution in [0.4, 0.5) is 11.8 Å². The molecule has 8 heteroatoms. The lowest BCUT2D eigenvalue weighted by molar-refractivity contribution is -0.0307. The molecule has 1 aliphatic rings. The summed E-state index contributed by atoms with van der Waals surface area (Å²) in [7, 11) is 0. The average Bonchev–Trinajstić information content (AvgIpc) is 3.15. The quantitative estimate of drug-likeness (QED) is 0.247. The van der Waals surface area contributed by atoms with Gasteiger partial charge < -0.3 is 30.8 Å². The Morgan fingerprint density at radius 3 is 2.61 bits per heavy atom. The van der Waals surface area contributed by atoms with E-state index in [1.54, 1.807) is 6.92 Å². The molecule has 5 rings (SSSR count). The minimum absolute atomic E-state index is 0.250. The molecule has 0 aliphatic carbocycles. The zero-order valence-electron chi connectivity index (χ0n) is 21.3. The summed E-state index contributed by atoms with van der Waals surface area (Å²) in [5, 5.41) is 15.7. The van der Waals surface area contributed by atoms with Crippen LogP contribution in [-0.2, 0) is 17.8 Å². The fourth-order valence-corrected chi connectivity index (χ4v) is 4.46.